The van der Waals surface area contributed by atoms with Gasteiger partial charge in [-0.2, -0.15) is 0 Å². The molecule has 20 heavy (non-hydrogen) atoms. The van der Waals surface area contributed by atoms with Crippen molar-refractivity contribution in [1.29, 1.82) is 0 Å². The number of ether oxygens (including phenoxy) is 1. The maximum atomic E-state index is 12.5. The summed E-state index contributed by atoms with van der Waals surface area (Å²) in [6.07, 6.45) is 0.914. The summed E-state index contributed by atoms with van der Waals surface area (Å²) in [5.74, 6) is -0.412. The molecule has 0 aliphatic carbocycles. The van der Waals surface area contributed by atoms with Crippen molar-refractivity contribution in [2.75, 3.05) is 26.8 Å². The van der Waals surface area contributed by atoms with Crippen molar-refractivity contribution >= 4 is 29.0 Å². The highest BCUT2D eigenvalue weighted by molar-refractivity contribution is 7.80. The molecule has 0 bridgehead atoms. The summed E-state index contributed by atoms with van der Waals surface area (Å²) in [6, 6.07) is -0.596. The van der Waals surface area contributed by atoms with E-state index in [2.05, 4.69) is 5.32 Å². The minimum Gasteiger partial charge on any atom is -0.392 e. The number of rotatable bonds is 5. The van der Waals surface area contributed by atoms with E-state index in [1.807, 2.05) is 6.92 Å². The molecule has 1 saturated heterocycles. The van der Waals surface area contributed by atoms with Gasteiger partial charge in [0.05, 0.1) is 4.99 Å². The van der Waals surface area contributed by atoms with E-state index in [-0.39, 0.29) is 16.8 Å². The molecule has 0 spiro atoms. The Bertz CT molecular complexity index is 394. The van der Waals surface area contributed by atoms with E-state index in [0.29, 0.717) is 32.6 Å². The van der Waals surface area contributed by atoms with E-state index >= 15 is 0 Å². The molecule has 1 unspecified atom stereocenters. The highest BCUT2D eigenvalue weighted by Gasteiger charge is 2.43. The largest absolute Gasteiger partial charge is 0.392 e. The second kappa shape index (κ2) is 6.99. The molecule has 1 aliphatic heterocycles. The molecule has 2 amide bonds. The van der Waals surface area contributed by atoms with Gasteiger partial charge >= 0.3 is 0 Å². The number of carbonyl (C=O) groups is 2. The third-order valence-corrected chi connectivity index (χ3v) is 4.21. The van der Waals surface area contributed by atoms with Crippen LogP contribution < -0.4 is 11.1 Å². The molecule has 0 aromatic heterocycles. The zero-order valence-electron chi connectivity index (χ0n) is 12.3. The Morgan fingerprint density at radius 1 is 1.45 bits per heavy atom. The molecule has 0 aromatic rings. The van der Waals surface area contributed by atoms with E-state index in [4.69, 9.17) is 22.7 Å². The summed E-state index contributed by atoms with van der Waals surface area (Å²) in [7, 11) is 1.70. The number of nitrogens with one attached hydrogen (secondary N) is 1. The molecular formula is C13H23N3O3S. The van der Waals surface area contributed by atoms with Crippen molar-refractivity contribution in [3.8, 4) is 0 Å². The number of likely N-dealkylation sites (N-methyl/N-ethyl adjacent to an activating group) is 1. The fraction of sp³-hybridized carbons (Fsp3) is 0.769. The van der Waals surface area contributed by atoms with Crippen LogP contribution in [-0.2, 0) is 14.3 Å². The molecule has 3 N–H and O–H groups in total. The predicted molar refractivity (Wildman–Crippen MR) is 80.2 cm³/mol. The molecule has 1 fully saturated rings. The second-order valence-electron chi connectivity index (χ2n) is 5.11. The number of nitrogens with two attached hydrogens (primary N) is 1. The van der Waals surface area contributed by atoms with Crippen molar-refractivity contribution in [3.05, 3.63) is 0 Å². The van der Waals surface area contributed by atoms with E-state index in [1.165, 1.54) is 0 Å². The van der Waals surface area contributed by atoms with Gasteiger partial charge in [-0.1, -0.05) is 12.2 Å². The number of amides is 2. The molecule has 0 radical (unpaired) electrons. The Kier molecular flexibility index (Phi) is 5.88. The van der Waals surface area contributed by atoms with Crippen molar-refractivity contribution in [1.82, 2.24) is 10.2 Å². The zero-order valence-corrected chi connectivity index (χ0v) is 13.1. The van der Waals surface area contributed by atoms with Gasteiger partial charge in [-0.05, 0) is 26.7 Å². The normalized spacial score (nSPS) is 18.9. The number of hydrogen-bond acceptors (Lipinski definition) is 4. The van der Waals surface area contributed by atoms with Crippen LogP contribution in [0.5, 0.6) is 0 Å². The van der Waals surface area contributed by atoms with E-state index in [1.54, 1.807) is 18.9 Å². The standard InChI is InChI=1S/C13H23N3O3S/c1-4-16(3)10(17)9(2)15-12(18)13(11(14)20)5-7-19-8-6-13/h9H,4-8H2,1-3H3,(H2,14,20)(H,15,18). The minimum atomic E-state index is -0.896. The third-order valence-electron chi connectivity index (χ3n) is 3.82. The fourth-order valence-electron chi connectivity index (χ4n) is 2.19. The zero-order chi connectivity index (χ0) is 15.3. The van der Waals surface area contributed by atoms with Crippen LogP contribution in [0.3, 0.4) is 0 Å². The first-order valence-electron chi connectivity index (χ1n) is 6.78. The average molecular weight is 301 g/mol. The Morgan fingerprint density at radius 2 is 2.00 bits per heavy atom. The van der Waals surface area contributed by atoms with Gasteiger partial charge in [0, 0.05) is 26.8 Å². The lowest BCUT2D eigenvalue weighted by atomic mass is 9.79. The summed E-state index contributed by atoms with van der Waals surface area (Å²) < 4.78 is 5.26. The Balaban J connectivity index is 2.77. The maximum Gasteiger partial charge on any atom is 0.244 e. The topological polar surface area (TPSA) is 84.7 Å². The van der Waals surface area contributed by atoms with Gasteiger partial charge in [0.1, 0.15) is 11.5 Å². The van der Waals surface area contributed by atoms with E-state index < -0.39 is 11.5 Å². The Hall–Kier alpha value is -1.21. The van der Waals surface area contributed by atoms with Crippen LogP contribution in [0, 0.1) is 5.41 Å². The van der Waals surface area contributed by atoms with Crippen LogP contribution in [0.1, 0.15) is 26.7 Å². The van der Waals surface area contributed by atoms with Crippen LogP contribution in [-0.4, -0.2) is 54.6 Å². The molecule has 1 rings (SSSR count). The summed E-state index contributed by atoms with van der Waals surface area (Å²) in [6.45, 7) is 5.03. The van der Waals surface area contributed by atoms with Crippen molar-refractivity contribution in [2.24, 2.45) is 11.1 Å². The SMILES string of the molecule is CCN(C)C(=O)C(C)NC(=O)C1(C(N)=S)CCOCC1. The van der Waals surface area contributed by atoms with E-state index in [9.17, 15) is 9.59 Å². The van der Waals surface area contributed by atoms with Crippen molar-refractivity contribution in [2.45, 2.75) is 32.7 Å². The second-order valence-corrected chi connectivity index (χ2v) is 5.55. The van der Waals surface area contributed by atoms with Gasteiger partial charge in [-0.15, -0.1) is 0 Å². The van der Waals surface area contributed by atoms with Crippen LogP contribution in [0.4, 0.5) is 0 Å². The van der Waals surface area contributed by atoms with Crippen LogP contribution in [0.25, 0.3) is 0 Å². The smallest absolute Gasteiger partial charge is 0.244 e. The molecule has 0 saturated carbocycles. The monoisotopic (exact) mass is 301 g/mol. The minimum absolute atomic E-state index is 0.133. The summed E-state index contributed by atoms with van der Waals surface area (Å²) >= 11 is 5.06. The Labute approximate surface area is 125 Å². The van der Waals surface area contributed by atoms with Crippen LogP contribution in [0.2, 0.25) is 0 Å². The van der Waals surface area contributed by atoms with Gasteiger partial charge in [0.15, 0.2) is 0 Å². The quantitative estimate of drug-likeness (QED) is 0.701. The van der Waals surface area contributed by atoms with Gasteiger partial charge < -0.3 is 20.7 Å². The average Bonchev–Trinajstić information content (AvgIpc) is 2.45. The lowest BCUT2D eigenvalue weighted by molar-refractivity contribution is -0.138. The maximum absolute atomic E-state index is 12.5. The summed E-state index contributed by atoms with van der Waals surface area (Å²) in [5.41, 5.74) is 4.86. The summed E-state index contributed by atoms with van der Waals surface area (Å²) in [4.78, 5) is 26.2. The van der Waals surface area contributed by atoms with Gasteiger partial charge in [-0.3, -0.25) is 9.59 Å². The molecule has 6 nitrogen and oxygen atoms in total. The highest BCUT2D eigenvalue weighted by Crippen LogP contribution is 2.31. The number of nitrogens with zero attached hydrogens (tertiary/aromatic N) is 1. The van der Waals surface area contributed by atoms with Gasteiger partial charge in [0.25, 0.3) is 0 Å². The molecular weight excluding hydrogens is 278 g/mol. The predicted octanol–water partition coefficient (Wildman–Crippen LogP) is 0.0523. The van der Waals surface area contributed by atoms with Crippen LogP contribution in [0.15, 0.2) is 0 Å². The molecule has 7 heteroatoms. The Morgan fingerprint density at radius 3 is 2.45 bits per heavy atom. The van der Waals surface area contributed by atoms with Crippen LogP contribution >= 0.6 is 12.2 Å². The lowest BCUT2D eigenvalue weighted by Crippen LogP contribution is -2.56. The molecule has 1 heterocycles. The van der Waals surface area contributed by atoms with E-state index in [0.717, 1.165) is 0 Å². The number of hydrogen-bond donors (Lipinski definition) is 2. The molecule has 1 atom stereocenters. The first kappa shape index (κ1) is 16.8. The van der Waals surface area contributed by atoms with Crippen molar-refractivity contribution in [3.63, 3.8) is 0 Å². The molecule has 114 valence electrons. The molecule has 1 aliphatic rings. The first-order chi connectivity index (χ1) is 9.35. The third kappa shape index (κ3) is 3.46. The lowest BCUT2D eigenvalue weighted by Gasteiger charge is -2.35. The number of thiocarbonyl (C=S) groups is 1. The first-order valence-corrected chi connectivity index (χ1v) is 7.19. The fourth-order valence-corrected chi connectivity index (χ4v) is 2.48. The van der Waals surface area contributed by atoms with Gasteiger partial charge in [-0.25, -0.2) is 0 Å². The highest BCUT2D eigenvalue weighted by atomic mass is 32.1. The molecule has 0 aromatic carbocycles. The van der Waals surface area contributed by atoms with Gasteiger partial charge in [0.2, 0.25) is 11.8 Å². The number of carbonyl (C=O) groups excluding carboxylic acids is 2. The summed E-state index contributed by atoms with van der Waals surface area (Å²) in [5, 5.41) is 2.73. The van der Waals surface area contributed by atoms with Crippen molar-refractivity contribution < 1.29 is 14.3 Å².